The highest BCUT2D eigenvalue weighted by Gasteiger charge is 2.19. The van der Waals surface area contributed by atoms with Gasteiger partial charge in [0.15, 0.2) is 0 Å². The van der Waals surface area contributed by atoms with Gasteiger partial charge in [-0.25, -0.2) is 13.1 Å². The van der Waals surface area contributed by atoms with E-state index in [1.54, 1.807) is 12.1 Å². The molecule has 0 fully saturated rings. The van der Waals surface area contributed by atoms with Crippen LogP contribution in [-0.2, 0) is 10.0 Å². The number of nitrogens with one attached hydrogen (secondary N) is 2. The molecule has 0 spiro atoms. The van der Waals surface area contributed by atoms with Crippen LogP contribution in [0.3, 0.4) is 0 Å². The summed E-state index contributed by atoms with van der Waals surface area (Å²) in [4.78, 5) is 0.321. The molecule has 1 aromatic carbocycles. The van der Waals surface area contributed by atoms with Crippen LogP contribution < -0.4 is 10.0 Å². The molecule has 0 aromatic heterocycles. The van der Waals surface area contributed by atoms with E-state index in [9.17, 15) is 8.42 Å². The summed E-state index contributed by atoms with van der Waals surface area (Å²) >= 11 is 0. The van der Waals surface area contributed by atoms with Crippen LogP contribution in [0.25, 0.3) is 0 Å². The number of rotatable bonds is 8. The summed E-state index contributed by atoms with van der Waals surface area (Å²) in [6.45, 7) is 11.0. The highest BCUT2D eigenvalue weighted by atomic mass is 32.2. The third kappa shape index (κ3) is 5.41. The molecule has 1 aromatic rings. The summed E-state index contributed by atoms with van der Waals surface area (Å²) in [6.07, 6.45) is 1.08. The van der Waals surface area contributed by atoms with E-state index in [0.29, 0.717) is 4.90 Å². The van der Waals surface area contributed by atoms with Gasteiger partial charge in [-0.1, -0.05) is 32.9 Å². The van der Waals surface area contributed by atoms with Crippen LogP contribution in [0.2, 0.25) is 0 Å². The normalized spacial score (nSPS) is 15.1. The topological polar surface area (TPSA) is 58.2 Å². The fourth-order valence-electron chi connectivity index (χ4n) is 1.86. The first-order valence-electron chi connectivity index (χ1n) is 7.63. The van der Waals surface area contributed by atoms with E-state index in [-0.39, 0.29) is 18.0 Å². The Balaban J connectivity index is 2.81. The van der Waals surface area contributed by atoms with Crippen molar-refractivity contribution >= 4 is 10.0 Å². The standard InChI is InChI=1S/C16H28N2O2S/c1-6-11-17-14(5)15-7-9-16(10-8-15)21(19,20)18-13(4)12(2)3/h7-10,12-14,17-18H,6,11H2,1-5H3. The van der Waals surface area contributed by atoms with Crippen molar-refractivity contribution in [3.63, 3.8) is 0 Å². The van der Waals surface area contributed by atoms with Crippen molar-refractivity contribution < 1.29 is 8.42 Å². The third-order valence-electron chi connectivity index (χ3n) is 3.73. The quantitative estimate of drug-likeness (QED) is 0.775. The molecule has 0 heterocycles. The lowest BCUT2D eigenvalue weighted by molar-refractivity contribution is 0.476. The largest absolute Gasteiger partial charge is 0.310 e. The summed E-state index contributed by atoms with van der Waals surface area (Å²) in [5, 5.41) is 3.39. The van der Waals surface area contributed by atoms with E-state index in [1.165, 1.54) is 0 Å². The zero-order valence-electron chi connectivity index (χ0n) is 13.7. The Bertz CT molecular complexity index is 524. The maximum Gasteiger partial charge on any atom is 0.240 e. The molecule has 0 aliphatic rings. The summed E-state index contributed by atoms with van der Waals surface area (Å²) in [5.74, 6) is 0.261. The molecular weight excluding hydrogens is 284 g/mol. The van der Waals surface area contributed by atoms with Crippen molar-refractivity contribution in [3.05, 3.63) is 29.8 Å². The van der Waals surface area contributed by atoms with Crippen LogP contribution in [-0.4, -0.2) is 21.0 Å². The lowest BCUT2D eigenvalue weighted by atomic mass is 10.1. The van der Waals surface area contributed by atoms with Crippen molar-refractivity contribution in [2.24, 2.45) is 5.92 Å². The highest BCUT2D eigenvalue weighted by molar-refractivity contribution is 7.89. The van der Waals surface area contributed by atoms with Gasteiger partial charge in [0.1, 0.15) is 0 Å². The Labute approximate surface area is 129 Å². The van der Waals surface area contributed by atoms with Crippen LogP contribution in [0.4, 0.5) is 0 Å². The van der Waals surface area contributed by atoms with E-state index in [0.717, 1.165) is 18.5 Å². The Morgan fingerprint density at radius 2 is 1.62 bits per heavy atom. The summed E-state index contributed by atoms with van der Waals surface area (Å²) in [5.41, 5.74) is 1.10. The number of sulfonamides is 1. The molecule has 4 nitrogen and oxygen atoms in total. The van der Waals surface area contributed by atoms with E-state index in [4.69, 9.17) is 0 Å². The van der Waals surface area contributed by atoms with Crippen LogP contribution in [0.1, 0.15) is 52.6 Å². The van der Waals surface area contributed by atoms with Gasteiger partial charge < -0.3 is 5.32 Å². The summed E-state index contributed by atoms with van der Waals surface area (Å²) in [7, 11) is -3.43. The molecule has 0 amide bonds. The van der Waals surface area contributed by atoms with Gasteiger partial charge in [-0.15, -0.1) is 0 Å². The van der Waals surface area contributed by atoms with E-state index in [2.05, 4.69) is 23.9 Å². The number of benzene rings is 1. The van der Waals surface area contributed by atoms with E-state index < -0.39 is 10.0 Å². The lowest BCUT2D eigenvalue weighted by Crippen LogP contribution is -2.36. The van der Waals surface area contributed by atoms with Gasteiger partial charge in [-0.3, -0.25) is 0 Å². The molecule has 0 radical (unpaired) electrons. The van der Waals surface area contributed by atoms with Gasteiger partial charge in [0.2, 0.25) is 10.0 Å². The van der Waals surface area contributed by atoms with E-state index in [1.807, 2.05) is 32.9 Å². The first kappa shape index (κ1) is 18.1. The smallest absolute Gasteiger partial charge is 0.240 e. The Morgan fingerprint density at radius 3 is 2.10 bits per heavy atom. The highest BCUT2D eigenvalue weighted by Crippen LogP contribution is 2.17. The Kier molecular flexibility index (Phi) is 6.84. The fourth-order valence-corrected chi connectivity index (χ4v) is 3.26. The van der Waals surface area contributed by atoms with Gasteiger partial charge in [-0.2, -0.15) is 0 Å². The third-order valence-corrected chi connectivity index (χ3v) is 5.31. The van der Waals surface area contributed by atoms with Crippen LogP contribution in [0.15, 0.2) is 29.2 Å². The first-order chi connectivity index (χ1) is 9.77. The van der Waals surface area contributed by atoms with Crippen molar-refractivity contribution in [1.29, 1.82) is 0 Å². The molecule has 120 valence electrons. The Hall–Kier alpha value is -0.910. The van der Waals surface area contributed by atoms with Crippen molar-refractivity contribution in [1.82, 2.24) is 10.0 Å². The van der Waals surface area contributed by atoms with Gasteiger partial charge >= 0.3 is 0 Å². The maximum absolute atomic E-state index is 12.3. The predicted octanol–water partition coefficient (Wildman–Crippen LogP) is 3.07. The molecule has 0 aliphatic carbocycles. The number of hydrogen-bond donors (Lipinski definition) is 2. The number of hydrogen-bond acceptors (Lipinski definition) is 3. The summed E-state index contributed by atoms with van der Waals surface area (Å²) in [6, 6.07) is 7.25. The molecule has 1 rings (SSSR count). The Morgan fingerprint density at radius 1 is 1.05 bits per heavy atom. The zero-order valence-corrected chi connectivity index (χ0v) is 14.5. The molecule has 0 saturated carbocycles. The van der Waals surface area contributed by atoms with Gasteiger partial charge in [-0.05, 0) is 50.4 Å². The maximum atomic E-state index is 12.3. The van der Waals surface area contributed by atoms with Crippen molar-refractivity contribution in [2.45, 2.75) is 58.0 Å². The molecule has 2 atom stereocenters. The van der Waals surface area contributed by atoms with Gasteiger partial charge in [0.05, 0.1) is 4.90 Å². The van der Waals surface area contributed by atoms with Crippen LogP contribution in [0, 0.1) is 5.92 Å². The van der Waals surface area contributed by atoms with Crippen molar-refractivity contribution in [2.75, 3.05) is 6.54 Å². The molecule has 2 unspecified atom stereocenters. The molecule has 0 saturated heterocycles. The second kappa shape index (κ2) is 7.92. The molecule has 0 bridgehead atoms. The van der Waals surface area contributed by atoms with E-state index >= 15 is 0 Å². The SMILES string of the molecule is CCCNC(C)c1ccc(S(=O)(=O)NC(C)C(C)C)cc1. The van der Waals surface area contributed by atoms with Crippen LogP contribution in [0.5, 0.6) is 0 Å². The summed E-state index contributed by atoms with van der Waals surface area (Å²) < 4.78 is 27.3. The monoisotopic (exact) mass is 312 g/mol. The average molecular weight is 312 g/mol. The van der Waals surface area contributed by atoms with Gasteiger partial charge in [0, 0.05) is 12.1 Å². The van der Waals surface area contributed by atoms with Gasteiger partial charge in [0.25, 0.3) is 0 Å². The lowest BCUT2D eigenvalue weighted by Gasteiger charge is -2.18. The first-order valence-corrected chi connectivity index (χ1v) is 9.12. The molecule has 5 heteroatoms. The molecule has 0 aliphatic heterocycles. The van der Waals surface area contributed by atoms with Crippen LogP contribution >= 0.6 is 0 Å². The minimum absolute atomic E-state index is 0.0835. The molecular formula is C16H28N2O2S. The fraction of sp³-hybridized carbons (Fsp3) is 0.625. The van der Waals surface area contributed by atoms with Crippen molar-refractivity contribution in [3.8, 4) is 0 Å². The second-order valence-electron chi connectivity index (χ2n) is 5.90. The molecule has 2 N–H and O–H groups in total. The average Bonchev–Trinajstić information content (AvgIpc) is 2.44. The minimum atomic E-state index is -3.43. The zero-order chi connectivity index (χ0) is 16.0. The predicted molar refractivity (Wildman–Crippen MR) is 87.8 cm³/mol. The minimum Gasteiger partial charge on any atom is -0.310 e. The molecule has 21 heavy (non-hydrogen) atoms. The second-order valence-corrected chi connectivity index (χ2v) is 7.61.